The molecule has 1 aliphatic heterocycles. The lowest BCUT2D eigenvalue weighted by atomic mass is 10.5. The Bertz CT molecular complexity index is 170. The van der Waals surface area contributed by atoms with Gasteiger partial charge in [0.15, 0.2) is 10.1 Å². The predicted molar refractivity (Wildman–Crippen MR) is 31.8 cm³/mol. The van der Waals surface area contributed by atoms with Crippen LogP contribution in [0.25, 0.3) is 0 Å². The molecule has 2 atom stereocenters. The average molecular weight is 136 g/mol. The Hall–Kier alpha value is -0.0600. The highest BCUT2D eigenvalue weighted by molar-refractivity contribution is 7.91. The summed E-state index contributed by atoms with van der Waals surface area (Å²) in [4.78, 5) is 0. The summed E-state index contributed by atoms with van der Waals surface area (Å²) < 4.78 is 20.0. The van der Waals surface area contributed by atoms with E-state index in [1.807, 2.05) is 0 Å². The molecule has 1 rings (SSSR count). The van der Waals surface area contributed by atoms with Gasteiger partial charge in [-0.3, -0.25) is 8.37 Å². The second kappa shape index (κ2) is 1.72. The molecule has 3 nitrogen and oxygen atoms in total. The molecular formula is C4H8O3S. The number of hydrogen-bond donors (Lipinski definition) is 0. The van der Waals surface area contributed by atoms with Crippen molar-refractivity contribution in [3.05, 3.63) is 0 Å². The number of rotatable bonds is 0. The van der Waals surface area contributed by atoms with Gasteiger partial charge in [-0.1, -0.05) is 0 Å². The highest BCUT2D eigenvalue weighted by Crippen LogP contribution is 2.10. The molecule has 0 aromatic heterocycles. The van der Waals surface area contributed by atoms with Crippen LogP contribution in [0.15, 0.2) is 0 Å². The summed E-state index contributed by atoms with van der Waals surface area (Å²) in [6.07, 6.45) is -0.0694. The van der Waals surface area contributed by atoms with Gasteiger partial charge in [-0.2, -0.15) is 0 Å². The van der Waals surface area contributed by atoms with E-state index in [-0.39, 0.29) is 6.10 Å². The zero-order valence-corrected chi connectivity index (χ0v) is 5.44. The van der Waals surface area contributed by atoms with Crippen molar-refractivity contribution >= 4 is 16.0 Å². The van der Waals surface area contributed by atoms with Crippen LogP contribution >= 0.6 is 0 Å². The van der Waals surface area contributed by atoms with Crippen LogP contribution in [-0.4, -0.2) is 22.8 Å². The van der Waals surface area contributed by atoms with Gasteiger partial charge >= 0.3 is 0 Å². The summed E-state index contributed by atoms with van der Waals surface area (Å²) in [7, 11) is -2.60. The Morgan fingerprint density at radius 3 is 2.62 bits per heavy atom. The van der Waals surface area contributed by atoms with Gasteiger partial charge in [-0.15, -0.1) is 0 Å². The lowest BCUT2D eigenvalue weighted by Crippen LogP contribution is -2.02. The van der Waals surface area contributed by atoms with E-state index in [4.69, 9.17) is 4.18 Å². The minimum absolute atomic E-state index is 0.0694. The van der Waals surface area contributed by atoms with Crippen molar-refractivity contribution in [2.24, 2.45) is 0 Å². The lowest BCUT2D eigenvalue weighted by molar-refractivity contribution is 0.262. The Balaban J connectivity index is 2.71. The molecule has 0 amide bonds. The summed E-state index contributed by atoms with van der Waals surface area (Å²) in [6, 6.07) is 0. The molecule has 0 aliphatic carbocycles. The Kier molecular flexibility index (Phi) is 1.30. The van der Waals surface area contributed by atoms with Gasteiger partial charge in [0.1, 0.15) is 0 Å². The van der Waals surface area contributed by atoms with Crippen molar-refractivity contribution < 1.29 is 12.6 Å². The van der Waals surface area contributed by atoms with Gasteiger partial charge in [-0.25, -0.2) is 4.21 Å². The first-order chi connectivity index (χ1) is 3.60. The van der Waals surface area contributed by atoms with Crippen LogP contribution in [0.5, 0.6) is 0 Å². The molecule has 1 fully saturated rings. The molecule has 4 heteroatoms. The van der Waals surface area contributed by atoms with Gasteiger partial charge in [0.25, 0.3) is 0 Å². The van der Waals surface area contributed by atoms with E-state index < -0.39 is 10.1 Å². The predicted octanol–water partition coefficient (Wildman–Crippen LogP) is -0.0319. The third-order valence-corrected chi connectivity index (χ3v) is 1.91. The van der Waals surface area contributed by atoms with Gasteiger partial charge in [0.05, 0.1) is 12.7 Å². The maximum atomic E-state index is 10.6. The molecule has 2 unspecified atom stereocenters. The molecule has 1 saturated heterocycles. The lowest BCUT2D eigenvalue weighted by Gasteiger charge is -1.94. The molecule has 1 aliphatic rings. The third kappa shape index (κ3) is 1.21. The smallest absolute Gasteiger partial charge is 0.198 e. The summed E-state index contributed by atoms with van der Waals surface area (Å²) in [6.45, 7) is 2.18. The van der Waals surface area contributed by atoms with Crippen molar-refractivity contribution in [2.75, 3.05) is 6.61 Å². The van der Waals surface area contributed by atoms with Gasteiger partial charge in [0.2, 0.25) is 0 Å². The maximum Gasteiger partial charge on any atom is 0.198 e. The maximum absolute atomic E-state index is 10.6. The fourth-order valence-corrected chi connectivity index (χ4v) is 1.52. The van der Waals surface area contributed by atoms with Gasteiger partial charge in [0, 0.05) is 5.87 Å². The van der Waals surface area contributed by atoms with E-state index in [0.29, 0.717) is 6.61 Å². The van der Waals surface area contributed by atoms with Crippen LogP contribution in [0.2, 0.25) is 0 Å². The second-order valence-corrected chi connectivity index (χ2v) is 3.29. The fraction of sp³-hybridized carbons (Fsp3) is 0.750. The first-order valence-corrected chi connectivity index (χ1v) is 3.88. The van der Waals surface area contributed by atoms with Crippen molar-refractivity contribution in [3.63, 3.8) is 0 Å². The van der Waals surface area contributed by atoms with E-state index in [1.54, 1.807) is 6.92 Å². The standard InChI is InChI=1S/C4H8O3S/c1-4-3-6-8(2,5)7-4/h4H,2-3H2,1H3. The molecule has 48 valence electrons. The van der Waals surface area contributed by atoms with Crippen LogP contribution < -0.4 is 0 Å². The quantitative estimate of drug-likeness (QED) is 0.439. The Morgan fingerprint density at radius 1 is 1.88 bits per heavy atom. The van der Waals surface area contributed by atoms with Crippen molar-refractivity contribution in [2.45, 2.75) is 13.0 Å². The third-order valence-electron chi connectivity index (χ3n) is 0.793. The van der Waals surface area contributed by atoms with E-state index in [1.165, 1.54) is 0 Å². The van der Waals surface area contributed by atoms with Crippen LogP contribution in [0.1, 0.15) is 6.92 Å². The molecule has 0 radical (unpaired) electrons. The molecule has 0 saturated carbocycles. The average Bonchev–Trinajstić information content (AvgIpc) is 1.82. The molecule has 0 spiro atoms. The minimum Gasteiger partial charge on any atom is -0.276 e. The highest BCUT2D eigenvalue weighted by Gasteiger charge is 2.19. The largest absolute Gasteiger partial charge is 0.276 e. The van der Waals surface area contributed by atoms with Crippen LogP contribution in [-0.2, 0) is 18.4 Å². The molecule has 0 aromatic rings. The van der Waals surface area contributed by atoms with Gasteiger partial charge in [-0.05, 0) is 6.92 Å². The first-order valence-electron chi connectivity index (χ1n) is 2.30. The summed E-state index contributed by atoms with van der Waals surface area (Å²) in [5.74, 6) is 3.20. The summed E-state index contributed by atoms with van der Waals surface area (Å²) in [5, 5.41) is 0. The number of hydrogen-bond acceptors (Lipinski definition) is 3. The first kappa shape index (κ1) is 6.07. The van der Waals surface area contributed by atoms with Crippen molar-refractivity contribution in [1.29, 1.82) is 0 Å². The monoisotopic (exact) mass is 136 g/mol. The molecule has 8 heavy (non-hydrogen) atoms. The normalized spacial score (nSPS) is 47.4. The van der Waals surface area contributed by atoms with Crippen molar-refractivity contribution in [1.82, 2.24) is 0 Å². The molecule has 0 bridgehead atoms. The van der Waals surface area contributed by atoms with E-state index in [9.17, 15) is 4.21 Å². The summed E-state index contributed by atoms with van der Waals surface area (Å²) in [5.41, 5.74) is 0. The highest BCUT2D eigenvalue weighted by atomic mass is 32.2. The second-order valence-electron chi connectivity index (χ2n) is 1.75. The molecule has 1 heterocycles. The molecule has 0 N–H and O–H groups in total. The van der Waals surface area contributed by atoms with Crippen molar-refractivity contribution in [3.8, 4) is 0 Å². The topological polar surface area (TPSA) is 35.5 Å². The zero-order chi connectivity index (χ0) is 6.20. The fourth-order valence-electron chi connectivity index (χ4n) is 0.505. The molecular weight excluding hydrogens is 128 g/mol. The Morgan fingerprint density at radius 2 is 2.50 bits per heavy atom. The zero-order valence-electron chi connectivity index (χ0n) is 4.62. The van der Waals surface area contributed by atoms with Gasteiger partial charge < -0.3 is 0 Å². The van der Waals surface area contributed by atoms with Crippen LogP contribution in [0.4, 0.5) is 0 Å². The van der Waals surface area contributed by atoms with Crippen LogP contribution in [0.3, 0.4) is 0 Å². The van der Waals surface area contributed by atoms with Crippen LogP contribution in [0, 0.1) is 0 Å². The summed E-state index contributed by atoms with van der Waals surface area (Å²) >= 11 is 0. The van der Waals surface area contributed by atoms with E-state index >= 15 is 0 Å². The molecule has 0 aromatic carbocycles. The minimum atomic E-state index is -2.60. The van der Waals surface area contributed by atoms with E-state index in [2.05, 4.69) is 10.1 Å². The Labute approximate surface area is 49.0 Å². The van der Waals surface area contributed by atoms with E-state index in [0.717, 1.165) is 0 Å². The SMILES string of the molecule is C=S1(=O)OCC(C)O1.